The number of nitrogens with zero attached hydrogens (tertiary/aromatic N) is 1. The van der Waals surface area contributed by atoms with Crippen LogP contribution in [0.3, 0.4) is 0 Å². The first-order chi connectivity index (χ1) is 18.1. The van der Waals surface area contributed by atoms with Crippen LogP contribution in [0.25, 0.3) is 0 Å². The molecule has 2 fully saturated rings. The van der Waals surface area contributed by atoms with Crippen LogP contribution in [0.2, 0.25) is 0 Å². The molecule has 1 aliphatic heterocycles. The van der Waals surface area contributed by atoms with E-state index >= 15 is 0 Å². The molecule has 0 bridgehead atoms. The molecule has 2 aromatic rings. The Morgan fingerprint density at radius 3 is 2.57 bits per heavy atom. The van der Waals surface area contributed by atoms with E-state index in [9.17, 15) is 9.90 Å². The van der Waals surface area contributed by atoms with Crippen molar-refractivity contribution >= 4 is 17.9 Å². The zero-order chi connectivity index (χ0) is 26.0. The summed E-state index contributed by atoms with van der Waals surface area (Å²) in [5, 5.41) is 15.1. The minimum Gasteiger partial charge on any atom is -0.497 e. The summed E-state index contributed by atoms with van der Waals surface area (Å²) >= 11 is 1.65. The molecule has 2 aromatic carbocycles. The van der Waals surface area contributed by atoms with Crippen molar-refractivity contribution in [2.24, 2.45) is 0 Å². The summed E-state index contributed by atoms with van der Waals surface area (Å²) in [7, 11) is 1.66. The van der Waals surface area contributed by atoms with Crippen LogP contribution in [0.1, 0.15) is 44.6 Å². The van der Waals surface area contributed by atoms with Crippen molar-refractivity contribution in [3.05, 3.63) is 71.6 Å². The molecule has 1 saturated carbocycles. The molecule has 4 rings (SSSR count). The molecule has 8 heteroatoms. The van der Waals surface area contributed by atoms with Gasteiger partial charge in [-0.25, -0.2) is 9.10 Å². The normalized spacial score (nSPS) is 18.3. The lowest BCUT2D eigenvalue weighted by Crippen LogP contribution is -2.47. The van der Waals surface area contributed by atoms with Crippen LogP contribution in [0, 0.1) is 0 Å². The number of methoxy groups -OCH3 is 1. The summed E-state index contributed by atoms with van der Waals surface area (Å²) in [6, 6.07) is 17.9. The number of carbonyl (C=O) groups is 1. The fraction of sp³-hybridized carbons (Fsp3) is 0.483. The number of carbonyl (C=O) groups excluding carboxylic acids is 1. The molecular weight excluding hydrogens is 488 g/mol. The number of unbranched alkanes of at least 4 members (excludes halogenated alkanes) is 1. The van der Waals surface area contributed by atoms with Gasteiger partial charge in [0.05, 0.1) is 25.9 Å². The second-order valence-electron chi connectivity index (χ2n) is 9.51. The van der Waals surface area contributed by atoms with Gasteiger partial charge >= 0.3 is 5.97 Å². The molecule has 2 N–H and O–H groups in total. The van der Waals surface area contributed by atoms with E-state index in [-0.39, 0.29) is 12.0 Å². The first kappa shape index (κ1) is 27.4. The molecular formula is C29H38N2O5S. The fourth-order valence-electron chi connectivity index (χ4n) is 4.19. The summed E-state index contributed by atoms with van der Waals surface area (Å²) < 4.78 is 18.7. The van der Waals surface area contributed by atoms with E-state index in [2.05, 4.69) is 28.7 Å². The summed E-state index contributed by atoms with van der Waals surface area (Å²) in [5.41, 5.74) is 2.28. The molecule has 1 aliphatic carbocycles. The molecule has 2 aliphatic rings. The van der Waals surface area contributed by atoms with E-state index in [0.29, 0.717) is 31.9 Å². The van der Waals surface area contributed by atoms with Crippen molar-refractivity contribution < 1.29 is 24.1 Å². The van der Waals surface area contributed by atoms with Crippen LogP contribution in [0.4, 0.5) is 0 Å². The Kier molecular flexibility index (Phi) is 10.2. The van der Waals surface area contributed by atoms with Crippen molar-refractivity contribution in [3.8, 4) is 5.75 Å². The highest BCUT2D eigenvalue weighted by atomic mass is 32.2. The first-order valence-electron chi connectivity index (χ1n) is 13.2. The summed E-state index contributed by atoms with van der Waals surface area (Å²) in [6.07, 6.45) is 3.91. The van der Waals surface area contributed by atoms with Crippen molar-refractivity contribution in [3.63, 3.8) is 0 Å². The van der Waals surface area contributed by atoms with Gasteiger partial charge in [-0.05, 0) is 73.0 Å². The Hall–Kier alpha value is -2.68. The van der Waals surface area contributed by atoms with Gasteiger partial charge in [-0.15, -0.1) is 0 Å². The smallest absolute Gasteiger partial charge is 0.347 e. The number of rotatable bonds is 15. The van der Waals surface area contributed by atoms with E-state index in [1.807, 2.05) is 42.5 Å². The number of aliphatic hydroxyl groups is 1. The van der Waals surface area contributed by atoms with Crippen LogP contribution in [-0.2, 0) is 20.7 Å². The van der Waals surface area contributed by atoms with Gasteiger partial charge in [0.1, 0.15) is 5.75 Å². The van der Waals surface area contributed by atoms with Gasteiger partial charge in [0, 0.05) is 24.4 Å². The number of ether oxygens (including phenoxy) is 3. The van der Waals surface area contributed by atoms with Crippen LogP contribution >= 0.6 is 11.9 Å². The third-order valence-corrected chi connectivity index (χ3v) is 7.57. The Morgan fingerprint density at radius 1 is 1.19 bits per heavy atom. The average molecular weight is 527 g/mol. The van der Waals surface area contributed by atoms with Crippen LogP contribution in [0.5, 0.6) is 5.75 Å². The topological polar surface area (TPSA) is 80.3 Å². The lowest BCUT2D eigenvalue weighted by Gasteiger charge is -2.31. The number of allylic oxidation sites excluding steroid dienone is 1. The second-order valence-corrected chi connectivity index (χ2v) is 10.7. The average Bonchev–Trinajstić information content (AvgIpc) is 3.69. The zero-order valence-electron chi connectivity index (χ0n) is 21.7. The van der Waals surface area contributed by atoms with Crippen LogP contribution < -0.4 is 10.1 Å². The van der Waals surface area contributed by atoms with E-state index in [1.54, 1.807) is 19.1 Å². The van der Waals surface area contributed by atoms with Gasteiger partial charge < -0.3 is 24.6 Å². The molecule has 3 atom stereocenters. The maximum atomic E-state index is 12.1. The van der Waals surface area contributed by atoms with Crippen molar-refractivity contribution in [2.75, 3.05) is 26.8 Å². The van der Waals surface area contributed by atoms with E-state index in [0.717, 1.165) is 54.0 Å². The number of benzene rings is 2. The molecule has 0 amide bonds. The molecule has 0 radical (unpaired) electrons. The predicted molar refractivity (Wildman–Crippen MR) is 145 cm³/mol. The van der Waals surface area contributed by atoms with Crippen molar-refractivity contribution in [2.45, 2.75) is 68.6 Å². The standard InChI is InChI=1S/C29H38N2O5S/c1-3-4-17-31(37-24-14-12-23(34-2)13-15-24)20-26(32)25(19-21-8-6-5-7-9-21)30-28(22-10-11-22)36-27-16-18-35-29(27)33/h5-9,12-15,25-27,30,32H,3-4,10-11,16-20H2,1-2H3. The quantitative estimate of drug-likeness (QED) is 0.196. The minimum atomic E-state index is -0.670. The molecule has 37 heavy (non-hydrogen) atoms. The van der Waals surface area contributed by atoms with E-state index in [4.69, 9.17) is 14.2 Å². The SMILES string of the molecule is CCCCN(CC(O)C(Cc1ccccc1)NC(OC1CCOC1=O)=C1CC1)Sc1ccc(OC)cc1. The van der Waals surface area contributed by atoms with E-state index < -0.39 is 12.2 Å². The highest BCUT2D eigenvalue weighted by Crippen LogP contribution is 2.33. The molecule has 0 aromatic heterocycles. The van der Waals surface area contributed by atoms with Crippen LogP contribution in [0.15, 0.2) is 70.9 Å². The molecule has 200 valence electrons. The lowest BCUT2D eigenvalue weighted by atomic mass is 10.0. The Morgan fingerprint density at radius 2 is 1.95 bits per heavy atom. The van der Waals surface area contributed by atoms with Gasteiger partial charge in [-0.2, -0.15) is 0 Å². The van der Waals surface area contributed by atoms with Gasteiger partial charge in [0.15, 0.2) is 5.88 Å². The third-order valence-electron chi connectivity index (χ3n) is 6.49. The number of aliphatic hydroxyl groups excluding tert-OH is 1. The number of nitrogens with one attached hydrogen (secondary N) is 1. The lowest BCUT2D eigenvalue weighted by molar-refractivity contribution is -0.145. The van der Waals surface area contributed by atoms with Gasteiger partial charge in [-0.1, -0.05) is 43.7 Å². The summed E-state index contributed by atoms with van der Waals surface area (Å²) in [6.45, 7) is 3.90. The molecule has 1 saturated heterocycles. The first-order valence-corrected chi connectivity index (χ1v) is 13.9. The number of hydrogen-bond acceptors (Lipinski definition) is 8. The number of hydrogen-bond donors (Lipinski definition) is 2. The summed E-state index contributed by atoms with van der Waals surface area (Å²) in [4.78, 5) is 13.2. The fourth-order valence-corrected chi connectivity index (χ4v) is 5.19. The van der Waals surface area contributed by atoms with Gasteiger partial charge in [0.25, 0.3) is 0 Å². The molecule has 3 unspecified atom stereocenters. The second kappa shape index (κ2) is 13.7. The Balaban J connectivity index is 1.48. The number of esters is 1. The van der Waals surface area contributed by atoms with E-state index in [1.165, 1.54) is 0 Å². The maximum absolute atomic E-state index is 12.1. The minimum absolute atomic E-state index is 0.288. The highest BCUT2D eigenvalue weighted by Gasteiger charge is 2.33. The van der Waals surface area contributed by atoms with Crippen molar-refractivity contribution in [1.29, 1.82) is 0 Å². The highest BCUT2D eigenvalue weighted by molar-refractivity contribution is 7.97. The monoisotopic (exact) mass is 526 g/mol. The van der Waals surface area contributed by atoms with Gasteiger partial charge in [-0.3, -0.25) is 0 Å². The molecule has 1 heterocycles. The summed E-state index contributed by atoms with van der Waals surface area (Å²) in [5.74, 6) is 1.14. The third kappa shape index (κ3) is 8.42. The van der Waals surface area contributed by atoms with Crippen LogP contribution in [-0.4, -0.2) is 60.4 Å². The molecule has 0 spiro atoms. The Bertz CT molecular complexity index is 1020. The van der Waals surface area contributed by atoms with Gasteiger partial charge in [0.2, 0.25) is 6.10 Å². The maximum Gasteiger partial charge on any atom is 0.347 e. The largest absolute Gasteiger partial charge is 0.497 e. The Labute approximate surface area is 224 Å². The zero-order valence-corrected chi connectivity index (χ0v) is 22.5. The molecule has 7 nitrogen and oxygen atoms in total. The predicted octanol–water partition coefficient (Wildman–Crippen LogP) is 4.70. The van der Waals surface area contributed by atoms with Crippen molar-refractivity contribution in [1.82, 2.24) is 9.62 Å². The number of cyclic esters (lactones) is 1.